The number of carbonyl (C=O) groups excluding carboxylic acids is 1. The topological polar surface area (TPSA) is 112 Å². The number of fused-ring (bicyclic) bond motifs is 1. The third kappa shape index (κ3) is 4.10. The van der Waals surface area contributed by atoms with Gasteiger partial charge in [0.2, 0.25) is 0 Å². The number of allylic oxidation sites excluding steroid dienone is 1. The van der Waals surface area contributed by atoms with E-state index in [9.17, 15) is 23.3 Å². The van der Waals surface area contributed by atoms with Crippen molar-refractivity contribution >= 4 is 43.0 Å². The Balaban J connectivity index is 2.05. The zero-order valence-electron chi connectivity index (χ0n) is 16.3. The van der Waals surface area contributed by atoms with E-state index in [2.05, 4.69) is 11.6 Å². The Bertz CT molecular complexity index is 1320. The van der Waals surface area contributed by atoms with Gasteiger partial charge in [0, 0.05) is 24.2 Å². The molecule has 30 heavy (non-hydrogen) atoms. The molecule has 0 aliphatic carbocycles. The van der Waals surface area contributed by atoms with Crippen molar-refractivity contribution < 1.29 is 18.1 Å². The zero-order valence-corrected chi connectivity index (χ0v) is 17.9. The molecule has 0 aliphatic heterocycles. The molecular weight excluding hydrogens is 426 g/mol. The molecule has 0 spiro atoms. The fourth-order valence-corrected chi connectivity index (χ4v) is 4.91. The molecule has 3 rings (SSSR count). The Labute approximate surface area is 176 Å². The summed E-state index contributed by atoms with van der Waals surface area (Å²) in [4.78, 5) is 27.9. The van der Waals surface area contributed by atoms with E-state index in [0.29, 0.717) is 21.6 Å². The van der Waals surface area contributed by atoms with Crippen LogP contribution in [0.4, 0.5) is 5.69 Å². The monoisotopic (exact) mass is 445 g/mol. The molecule has 1 aromatic heterocycles. The van der Waals surface area contributed by atoms with Crippen LogP contribution in [0.5, 0.6) is 0 Å². The second-order valence-electron chi connectivity index (χ2n) is 6.73. The first-order chi connectivity index (χ1) is 14.1. The smallest absolute Gasteiger partial charge is 0.279 e. The molecule has 0 aliphatic rings. The number of aromatic nitrogens is 1. The van der Waals surface area contributed by atoms with Crippen LogP contribution in [0.3, 0.4) is 0 Å². The fraction of sp³-hybridized carbons (Fsp3) is 0.200. The summed E-state index contributed by atoms with van der Waals surface area (Å²) in [7, 11) is -3.43. The predicted octanol–water partition coefficient (Wildman–Crippen LogP) is 3.72. The highest BCUT2D eigenvalue weighted by Gasteiger charge is 2.19. The first kappa shape index (κ1) is 21.6. The predicted molar refractivity (Wildman–Crippen MR) is 115 cm³/mol. The van der Waals surface area contributed by atoms with Gasteiger partial charge in [0.1, 0.15) is 0 Å². The van der Waals surface area contributed by atoms with Crippen molar-refractivity contribution in [1.82, 2.24) is 4.57 Å². The Hall–Kier alpha value is -3.11. The van der Waals surface area contributed by atoms with Gasteiger partial charge in [-0.2, -0.15) is 4.99 Å². The zero-order chi connectivity index (χ0) is 22.1. The average molecular weight is 446 g/mol. The van der Waals surface area contributed by atoms with E-state index in [0.717, 1.165) is 11.3 Å². The quantitative estimate of drug-likeness (QED) is 0.326. The minimum absolute atomic E-state index is 0.0469. The van der Waals surface area contributed by atoms with Crippen LogP contribution in [0.15, 0.2) is 65.0 Å². The molecule has 1 heterocycles. The summed E-state index contributed by atoms with van der Waals surface area (Å²) in [5.41, 5.74) is 0.899. The lowest BCUT2D eigenvalue weighted by Crippen LogP contribution is -2.16. The van der Waals surface area contributed by atoms with Crippen LogP contribution in [-0.4, -0.2) is 29.1 Å². The van der Waals surface area contributed by atoms with E-state index < -0.39 is 25.9 Å². The van der Waals surface area contributed by atoms with Gasteiger partial charge in [-0.1, -0.05) is 17.4 Å². The van der Waals surface area contributed by atoms with Gasteiger partial charge in [-0.15, -0.1) is 6.58 Å². The summed E-state index contributed by atoms with van der Waals surface area (Å²) < 4.78 is 26.8. The molecule has 156 valence electrons. The van der Waals surface area contributed by atoms with E-state index in [1.54, 1.807) is 30.6 Å². The summed E-state index contributed by atoms with van der Waals surface area (Å²) in [6.45, 7) is 7.26. The second-order valence-corrected chi connectivity index (χ2v) is 10.2. The lowest BCUT2D eigenvalue weighted by molar-refractivity contribution is -0.384. The van der Waals surface area contributed by atoms with Gasteiger partial charge < -0.3 is 4.57 Å². The molecule has 0 fully saturated rings. The van der Waals surface area contributed by atoms with Gasteiger partial charge in [0.25, 0.3) is 11.6 Å². The van der Waals surface area contributed by atoms with Crippen LogP contribution in [0.2, 0.25) is 0 Å². The largest absolute Gasteiger partial charge is 0.312 e. The maximum atomic E-state index is 12.7. The van der Waals surface area contributed by atoms with E-state index in [1.807, 2.05) is 0 Å². The van der Waals surface area contributed by atoms with E-state index >= 15 is 0 Å². The van der Waals surface area contributed by atoms with Gasteiger partial charge in [-0.25, -0.2) is 8.42 Å². The normalized spacial score (nSPS) is 12.4. The number of sulfone groups is 1. The van der Waals surface area contributed by atoms with Crippen LogP contribution in [0.25, 0.3) is 10.2 Å². The molecule has 0 N–H and O–H groups in total. The molecule has 8 nitrogen and oxygen atoms in total. The minimum atomic E-state index is -3.43. The van der Waals surface area contributed by atoms with Gasteiger partial charge in [-0.3, -0.25) is 14.9 Å². The van der Waals surface area contributed by atoms with Crippen molar-refractivity contribution in [3.05, 3.63) is 75.6 Å². The molecule has 2 aromatic carbocycles. The number of amides is 1. The highest BCUT2D eigenvalue weighted by atomic mass is 32.2. The van der Waals surface area contributed by atoms with Crippen LogP contribution < -0.4 is 4.80 Å². The molecule has 0 atom stereocenters. The summed E-state index contributed by atoms with van der Waals surface area (Å²) in [5, 5.41) is 10.5. The van der Waals surface area contributed by atoms with Crippen LogP contribution in [0.1, 0.15) is 24.2 Å². The maximum Gasteiger partial charge on any atom is 0.279 e. The summed E-state index contributed by atoms with van der Waals surface area (Å²) in [6.07, 6.45) is 1.64. The molecule has 0 saturated carbocycles. The third-order valence-electron chi connectivity index (χ3n) is 4.44. The first-order valence-electron chi connectivity index (χ1n) is 8.97. The van der Waals surface area contributed by atoms with Crippen molar-refractivity contribution in [2.24, 2.45) is 4.99 Å². The van der Waals surface area contributed by atoms with Gasteiger partial charge >= 0.3 is 0 Å². The lowest BCUT2D eigenvalue weighted by atomic mass is 10.2. The number of carbonyl (C=O) groups is 1. The van der Waals surface area contributed by atoms with E-state index in [-0.39, 0.29) is 16.1 Å². The number of nitro groups is 1. The first-order valence-corrected chi connectivity index (χ1v) is 11.3. The van der Waals surface area contributed by atoms with Crippen molar-refractivity contribution in [3.8, 4) is 0 Å². The summed E-state index contributed by atoms with van der Waals surface area (Å²) in [6, 6.07) is 10.1. The van der Waals surface area contributed by atoms with Crippen LogP contribution >= 0.6 is 11.3 Å². The Morgan fingerprint density at radius 1 is 1.27 bits per heavy atom. The number of hydrogen-bond donors (Lipinski definition) is 0. The number of benzene rings is 2. The Morgan fingerprint density at radius 3 is 2.50 bits per heavy atom. The number of non-ortho nitro benzene ring substituents is 1. The van der Waals surface area contributed by atoms with Gasteiger partial charge in [-0.05, 0) is 44.2 Å². The molecule has 3 aromatic rings. The number of nitro benzene ring substituents is 1. The van der Waals surface area contributed by atoms with Gasteiger partial charge in [0.15, 0.2) is 14.6 Å². The Kier molecular flexibility index (Phi) is 5.99. The van der Waals surface area contributed by atoms with Crippen molar-refractivity contribution in [3.63, 3.8) is 0 Å². The molecular formula is C20H19N3O5S2. The van der Waals surface area contributed by atoms with Crippen molar-refractivity contribution in [2.75, 3.05) is 0 Å². The highest BCUT2D eigenvalue weighted by Crippen LogP contribution is 2.23. The lowest BCUT2D eigenvalue weighted by Gasteiger charge is -2.07. The molecule has 1 amide bonds. The molecule has 10 heteroatoms. The Morgan fingerprint density at radius 2 is 1.93 bits per heavy atom. The van der Waals surface area contributed by atoms with E-state index in [1.165, 1.54) is 36.4 Å². The number of hydrogen-bond acceptors (Lipinski definition) is 6. The van der Waals surface area contributed by atoms with Crippen molar-refractivity contribution in [2.45, 2.75) is 30.5 Å². The number of nitrogens with zero attached hydrogens (tertiary/aromatic N) is 3. The van der Waals surface area contributed by atoms with Crippen molar-refractivity contribution in [1.29, 1.82) is 0 Å². The number of rotatable bonds is 6. The van der Waals surface area contributed by atoms with Gasteiger partial charge in [0.05, 0.1) is 25.3 Å². The minimum Gasteiger partial charge on any atom is -0.312 e. The molecule has 0 bridgehead atoms. The molecule has 0 unspecified atom stereocenters. The highest BCUT2D eigenvalue weighted by molar-refractivity contribution is 7.92. The molecule has 0 saturated heterocycles. The third-order valence-corrected chi connectivity index (χ3v) is 7.65. The maximum absolute atomic E-state index is 12.7. The number of thiazole rings is 1. The van der Waals surface area contributed by atoms with Crippen LogP contribution in [0, 0.1) is 10.1 Å². The van der Waals surface area contributed by atoms with E-state index in [4.69, 9.17) is 0 Å². The average Bonchev–Trinajstić information content (AvgIpc) is 3.04. The summed E-state index contributed by atoms with van der Waals surface area (Å²) in [5.74, 6) is -0.539. The molecule has 0 radical (unpaired) electrons. The second kappa shape index (κ2) is 8.33. The SMILES string of the molecule is C=CCn1c(=NC(=O)c2ccc(S(=O)(=O)C(C)C)cc2)sc2cc([N+](=O)[O-])ccc21. The van der Waals surface area contributed by atoms with Crippen LogP contribution in [-0.2, 0) is 16.4 Å². The fourth-order valence-electron chi connectivity index (χ4n) is 2.78. The standard InChI is InChI=1S/C20H19N3O5S2/c1-4-11-22-17-10-7-15(23(25)26)12-18(17)29-20(22)21-19(24)14-5-8-16(9-6-14)30(27,28)13(2)3/h4-10,12-13H,1,11H2,2-3H3. The summed E-state index contributed by atoms with van der Waals surface area (Å²) >= 11 is 1.16.